The van der Waals surface area contributed by atoms with E-state index in [-0.39, 0.29) is 0 Å². The SMILES string of the molecule is CC(C)c1cccc2c(O)cc(CN)cc12. The summed E-state index contributed by atoms with van der Waals surface area (Å²) in [5, 5.41) is 11.9. The van der Waals surface area contributed by atoms with Crippen molar-refractivity contribution in [2.45, 2.75) is 26.3 Å². The lowest BCUT2D eigenvalue weighted by atomic mass is 9.94. The molecule has 2 heteroatoms. The molecule has 0 aromatic heterocycles. The second-order valence-electron chi connectivity index (χ2n) is 4.42. The van der Waals surface area contributed by atoms with Crippen molar-refractivity contribution < 1.29 is 5.11 Å². The summed E-state index contributed by atoms with van der Waals surface area (Å²) >= 11 is 0. The molecule has 0 unspecified atom stereocenters. The van der Waals surface area contributed by atoms with Crippen molar-refractivity contribution in [3.05, 3.63) is 41.5 Å². The van der Waals surface area contributed by atoms with Crippen molar-refractivity contribution in [2.24, 2.45) is 5.73 Å². The van der Waals surface area contributed by atoms with Crippen LogP contribution in [0.4, 0.5) is 0 Å². The fourth-order valence-electron chi connectivity index (χ4n) is 2.07. The zero-order valence-corrected chi connectivity index (χ0v) is 9.70. The number of hydrogen-bond acceptors (Lipinski definition) is 2. The summed E-state index contributed by atoms with van der Waals surface area (Å²) in [5.74, 6) is 0.761. The molecule has 3 N–H and O–H groups in total. The molecule has 0 atom stereocenters. The number of phenols is 1. The Labute approximate surface area is 95.7 Å². The molecule has 0 aliphatic carbocycles. The van der Waals surface area contributed by atoms with E-state index < -0.39 is 0 Å². The van der Waals surface area contributed by atoms with Crippen LogP contribution in [0.1, 0.15) is 30.9 Å². The Kier molecular flexibility index (Phi) is 2.84. The Hall–Kier alpha value is -1.54. The van der Waals surface area contributed by atoms with Gasteiger partial charge in [0, 0.05) is 11.9 Å². The normalized spacial score (nSPS) is 11.2. The zero-order valence-electron chi connectivity index (χ0n) is 9.70. The van der Waals surface area contributed by atoms with E-state index in [1.165, 1.54) is 5.56 Å². The molecule has 0 spiro atoms. The van der Waals surface area contributed by atoms with Gasteiger partial charge in [-0.3, -0.25) is 0 Å². The average Bonchev–Trinajstić information content (AvgIpc) is 2.28. The van der Waals surface area contributed by atoms with Gasteiger partial charge in [0.15, 0.2) is 0 Å². The molecule has 84 valence electrons. The summed E-state index contributed by atoms with van der Waals surface area (Å²) in [6.07, 6.45) is 0. The molecular weight excluding hydrogens is 198 g/mol. The van der Waals surface area contributed by atoms with Crippen LogP contribution in [0, 0.1) is 0 Å². The van der Waals surface area contributed by atoms with Gasteiger partial charge in [0.25, 0.3) is 0 Å². The van der Waals surface area contributed by atoms with Crippen LogP contribution >= 0.6 is 0 Å². The molecule has 0 aliphatic heterocycles. The monoisotopic (exact) mass is 215 g/mol. The Morgan fingerprint density at radius 1 is 1.19 bits per heavy atom. The zero-order chi connectivity index (χ0) is 11.7. The van der Waals surface area contributed by atoms with Crippen LogP contribution < -0.4 is 5.73 Å². The van der Waals surface area contributed by atoms with Crippen molar-refractivity contribution in [1.82, 2.24) is 0 Å². The highest BCUT2D eigenvalue weighted by Gasteiger charge is 2.08. The van der Waals surface area contributed by atoms with Crippen molar-refractivity contribution in [3.8, 4) is 5.75 Å². The number of hydrogen-bond donors (Lipinski definition) is 2. The Balaban J connectivity index is 2.79. The maximum absolute atomic E-state index is 9.93. The summed E-state index contributed by atoms with van der Waals surface area (Å²) in [6, 6.07) is 9.85. The van der Waals surface area contributed by atoms with Gasteiger partial charge in [-0.15, -0.1) is 0 Å². The van der Waals surface area contributed by atoms with E-state index in [1.54, 1.807) is 6.07 Å². The molecule has 0 amide bonds. The first kappa shape index (κ1) is 11.0. The van der Waals surface area contributed by atoms with Gasteiger partial charge in [0.05, 0.1) is 0 Å². The number of nitrogens with two attached hydrogens (primary N) is 1. The third-order valence-electron chi connectivity index (χ3n) is 2.93. The summed E-state index contributed by atoms with van der Waals surface area (Å²) in [7, 11) is 0. The van der Waals surface area contributed by atoms with Gasteiger partial charge in [0.2, 0.25) is 0 Å². The van der Waals surface area contributed by atoms with Crippen LogP contribution in [0.15, 0.2) is 30.3 Å². The molecule has 0 heterocycles. The molecule has 0 saturated heterocycles. The smallest absolute Gasteiger partial charge is 0.123 e. The van der Waals surface area contributed by atoms with Crippen molar-refractivity contribution in [2.75, 3.05) is 0 Å². The van der Waals surface area contributed by atoms with E-state index in [0.717, 1.165) is 16.3 Å². The minimum Gasteiger partial charge on any atom is -0.507 e. The Morgan fingerprint density at radius 2 is 1.94 bits per heavy atom. The third kappa shape index (κ3) is 1.76. The molecule has 0 fully saturated rings. The van der Waals surface area contributed by atoms with Crippen molar-refractivity contribution in [1.29, 1.82) is 0 Å². The highest BCUT2D eigenvalue weighted by atomic mass is 16.3. The number of benzene rings is 2. The van der Waals surface area contributed by atoms with E-state index in [1.807, 2.05) is 12.1 Å². The van der Waals surface area contributed by atoms with Crippen LogP contribution in [0.5, 0.6) is 5.75 Å². The molecule has 0 aliphatic rings. The van der Waals surface area contributed by atoms with Gasteiger partial charge in [-0.05, 0) is 34.6 Å². The molecule has 2 nitrogen and oxygen atoms in total. The van der Waals surface area contributed by atoms with E-state index >= 15 is 0 Å². The van der Waals surface area contributed by atoms with Crippen molar-refractivity contribution >= 4 is 10.8 Å². The maximum Gasteiger partial charge on any atom is 0.123 e. The largest absolute Gasteiger partial charge is 0.507 e. The van der Waals surface area contributed by atoms with Gasteiger partial charge in [-0.25, -0.2) is 0 Å². The lowest BCUT2D eigenvalue weighted by Gasteiger charge is -2.12. The second-order valence-corrected chi connectivity index (χ2v) is 4.42. The van der Waals surface area contributed by atoms with Crippen LogP contribution in [-0.2, 0) is 6.54 Å². The standard InChI is InChI=1S/C14H17NO/c1-9(2)11-4-3-5-12-13(11)6-10(8-15)7-14(12)16/h3-7,9,16H,8,15H2,1-2H3. The molecule has 0 radical (unpaired) electrons. The second kappa shape index (κ2) is 4.14. The number of fused-ring (bicyclic) bond motifs is 1. The minimum atomic E-state index is 0.320. The van der Waals surface area contributed by atoms with Crippen molar-refractivity contribution in [3.63, 3.8) is 0 Å². The highest BCUT2D eigenvalue weighted by Crippen LogP contribution is 2.32. The predicted molar refractivity (Wildman–Crippen MR) is 67.6 cm³/mol. The Morgan fingerprint density at radius 3 is 2.56 bits per heavy atom. The van der Waals surface area contributed by atoms with E-state index in [2.05, 4.69) is 26.0 Å². The quantitative estimate of drug-likeness (QED) is 0.808. The van der Waals surface area contributed by atoms with E-state index in [9.17, 15) is 5.11 Å². The van der Waals surface area contributed by atoms with E-state index in [4.69, 9.17) is 5.73 Å². The summed E-state index contributed by atoms with van der Waals surface area (Å²) in [6.45, 7) is 4.76. The summed E-state index contributed by atoms with van der Waals surface area (Å²) in [4.78, 5) is 0. The van der Waals surface area contributed by atoms with Gasteiger partial charge >= 0.3 is 0 Å². The summed E-state index contributed by atoms with van der Waals surface area (Å²) in [5.41, 5.74) is 7.85. The topological polar surface area (TPSA) is 46.2 Å². The van der Waals surface area contributed by atoms with Crippen LogP contribution in [0.2, 0.25) is 0 Å². The lowest BCUT2D eigenvalue weighted by molar-refractivity contribution is 0.481. The molecule has 0 saturated carbocycles. The maximum atomic E-state index is 9.93. The average molecular weight is 215 g/mol. The van der Waals surface area contributed by atoms with Gasteiger partial charge in [0.1, 0.15) is 5.75 Å². The van der Waals surface area contributed by atoms with Gasteiger partial charge in [-0.2, -0.15) is 0 Å². The number of phenolic OH excluding ortho intramolecular Hbond substituents is 1. The first-order valence-electron chi connectivity index (χ1n) is 5.58. The van der Waals surface area contributed by atoms with Crippen LogP contribution in [-0.4, -0.2) is 5.11 Å². The molecule has 2 aromatic carbocycles. The molecule has 2 aromatic rings. The number of rotatable bonds is 2. The van der Waals surface area contributed by atoms with Gasteiger partial charge < -0.3 is 10.8 Å². The Bertz CT molecular complexity index is 517. The third-order valence-corrected chi connectivity index (χ3v) is 2.93. The first-order chi connectivity index (χ1) is 7.63. The fraction of sp³-hybridized carbons (Fsp3) is 0.286. The number of aromatic hydroxyl groups is 1. The van der Waals surface area contributed by atoms with Crippen LogP contribution in [0.25, 0.3) is 10.8 Å². The van der Waals surface area contributed by atoms with Gasteiger partial charge in [-0.1, -0.05) is 32.0 Å². The first-order valence-corrected chi connectivity index (χ1v) is 5.58. The van der Waals surface area contributed by atoms with E-state index in [0.29, 0.717) is 18.2 Å². The molecule has 16 heavy (non-hydrogen) atoms. The highest BCUT2D eigenvalue weighted by molar-refractivity contribution is 5.91. The fourth-order valence-corrected chi connectivity index (χ4v) is 2.07. The minimum absolute atomic E-state index is 0.320. The predicted octanol–water partition coefficient (Wildman–Crippen LogP) is 3.13. The molecule has 0 bridgehead atoms. The van der Waals surface area contributed by atoms with Crippen LogP contribution in [0.3, 0.4) is 0 Å². The summed E-state index contributed by atoms with van der Waals surface area (Å²) < 4.78 is 0. The lowest BCUT2D eigenvalue weighted by Crippen LogP contribution is -1.97. The molecular formula is C14H17NO. The molecule has 2 rings (SSSR count).